The molecular weight excluding hydrogens is 384 g/mol. The van der Waals surface area contributed by atoms with Gasteiger partial charge in [-0.3, -0.25) is 9.52 Å². The van der Waals surface area contributed by atoms with E-state index < -0.39 is 10.0 Å². The summed E-state index contributed by atoms with van der Waals surface area (Å²) >= 11 is 1.33. The highest BCUT2D eigenvalue weighted by molar-refractivity contribution is 7.92. The molecule has 0 saturated heterocycles. The van der Waals surface area contributed by atoms with Crippen LogP contribution in [0.4, 0.5) is 11.4 Å². The van der Waals surface area contributed by atoms with Crippen molar-refractivity contribution < 1.29 is 17.9 Å². The number of aryl methyl sites for hydroxylation is 1. The Morgan fingerprint density at radius 2 is 1.81 bits per heavy atom. The van der Waals surface area contributed by atoms with Crippen molar-refractivity contribution in [2.75, 3.05) is 17.1 Å². The normalized spacial score (nSPS) is 11.0. The summed E-state index contributed by atoms with van der Waals surface area (Å²) in [4.78, 5) is 12.9. The van der Waals surface area contributed by atoms with Crippen LogP contribution >= 0.6 is 11.3 Å². The number of rotatable bonds is 6. The van der Waals surface area contributed by atoms with E-state index in [2.05, 4.69) is 10.0 Å². The number of methoxy groups -OCH3 is 1. The van der Waals surface area contributed by atoms with Gasteiger partial charge in [0.15, 0.2) is 0 Å². The number of hydrogen-bond acceptors (Lipinski definition) is 5. The lowest BCUT2D eigenvalue weighted by atomic mass is 10.2. The van der Waals surface area contributed by atoms with E-state index in [1.807, 2.05) is 5.38 Å². The highest BCUT2D eigenvalue weighted by Crippen LogP contribution is 2.25. The van der Waals surface area contributed by atoms with E-state index in [1.165, 1.54) is 30.6 Å². The third-order valence-corrected chi connectivity index (χ3v) is 6.10. The van der Waals surface area contributed by atoms with Gasteiger partial charge in [0, 0.05) is 5.69 Å². The van der Waals surface area contributed by atoms with Crippen LogP contribution in [0.25, 0.3) is 0 Å². The Bertz CT molecular complexity index is 1040. The van der Waals surface area contributed by atoms with Crippen LogP contribution < -0.4 is 14.8 Å². The molecule has 0 bridgehead atoms. The molecule has 27 heavy (non-hydrogen) atoms. The third kappa shape index (κ3) is 4.47. The van der Waals surface area contributed by atoms with Crippen LogP contribution in [-0.4, -0.2) is 21.4 Å². The van der Waals surface area contributed by atoms with Gasteiger partial charge in [0.25, 0.3) is 15.9 Å². The van der Waals surface area contributed by atoms with E-state index in [1.54, 1.807) is 49.4 Å². The fourth-order valence-corrected chi connectivity index (χ4v) is 4.11. The highest BCUT2D eigenvalue weighted by atomic mass is 32.2. The zero-order valence-electron chi connectivity index (χ0n) is 14.7. The molecule has 3 aromatic rings. The lowest BCUT2D eigenvalue weighted by Crippen LogP contribution is -2.15. The number of anilines is 2. The van der Waals surface area contributed by atoms with Crippen LogP contribution in [-0.2, 0) is 10.0 Å². The minimum Gasteiger partial charge on any atom is -0.497 e. The molecule has 0 spiro atoms. The van der Waals surface area contributed by atoms with E-state index in [4.69, 9.17) is 4.74 Å². The topological polar surface area (TPSA) is 84.5 Å². The molecule has 3 rings (SSSR count). The van der Waals surface area contributed by atoms with Crippen molar-refractivity contribution >= 4 is 38.6 Å². The van der Waals surface area contributed by atoms with E-state index in [0.717, 1.165) is 5.56 Å². The van der Waals surface area contributed by atoms with Gasteiger partial charge in [-0.15, -0.1) is 11.3 Å². The van der Waals surface area contributed by atoms with Crippen molar-refractivity contribution in [2.24, 2.45) is 0 Å². The van der Waals surface area contributed by atoms with Gasteiger partial charge in [-0.1, -0.05) is 12.1 Å². The summed E-state index contributed by atoms with van der Waals surface area (Å²) in [5, 5.41) is 4.59. The number of carbonyl (C=O) groups is 1. The number of hydrogen-bond donors (Lipinski definition) is 2. The Labute approximate surface area is 161 Å². The predicted molar refractivity (Wildman–Crippen MR) is 107 cm³/mol. The van der Waals surface area contributed by atoms with Crippen LogP contribution in [0, 0.1) is 6.92 Å². The average molecular weight is 402 g/mol. The second kappa shape index (κ2) is 7.81. The molecule has 1 aromatic heterocycles. The third-order valence-electron chi connectivity index (χ3n) is 3.85. The maximum absolute atomic E-state index is 12.6. The number of ether oxygens (including phenoxy) is 1. The minimum atomic E-state index is -3.77. The second-order valence-electron chi connectivity index (χ2n) is 5.74. The first-order valence-corrected chi connectivity index (χ1v) is 10.4. The first-order chi connectivity index (χ1) is 12.9. The van der Waals surface area contributed by atoms with Gasteiger partial charge in [0.2, 0.25) is 0 Å². The van der Waals surface area contributed by atoms with Crippen molar-refractivity contribution in [3.63, 3.8) is 0 Å². The highest BCUT2D eigenvalue weighted by Gasteiger charge is 2.16. The van der Waals surface area contributed by atoms with Crippen LogP contribution in [0.2, 0.25) is 0 Å². The van der Waals surface area contributed by atoms with Crippen molar-refractivity contribution in [3.05, 3.63) is 70.4 Å². The maximum atomic E-state index is 12.6. The molecular formula is C19H18N2O4S2. The summed E-state index contributed by atoms with van der Waals surface area (Å²) in [6, 6.07) is 14.7. The predicted octanol–water partition coefficient (Wildman–Crippen LogP) is 4.12. The van der Waals surface area contributed by atoms with Crippen molar-refractivity contribution in [1.29, 1.82) is 0 Å². The zero-order valence-corrected chi connectivity index (χ0v) is 16.4. The van der Waals surface area contributed by atoms with Crippen molar-refractivity contribution in [2.45, 2.75) is 11.8 Å². The van der Waals surface area contributed by atoms with Crippen LogP contribution in [0.15, 0.2) is 64.9 Å². The van der Waals surface area contributed by atoms with Gasteiger partial charge < -0.3 is 10.1 Å². The number of thiophene rings is 1. The minimum absolute atomic E-state index is 0.121. The van der Waals surface area contributed by atoms with Crippen LogP contribution in [0.5, 0.6) is 5.75 Å². The smallest absolute Gasteiger partial charge is 0.265 e. The Kier molecular flexibility index (Phi) is 5.48. The Balaban J connectivity index is 1.82. The van der Waals surface area contributed by atoms with E-state index in [0.29, 0.717) is 22.0 Å². The quantitative estimate of drug-likeness (QED) is 0.650. The molecule has 6 nitrogen and oxygen atoms in total. The number of nitrogens with one attached hydrogen (secondary N) is 2. The summed E-state index contributed by atoms with van der Waals surface area (Å²) in [5.41, 5.74) is 1.64. The molecule has 0 aliphatic heterocycles. The molecule has 0 aliphatic carbocycles. The second-order valence-corrected chi connectivity index (χ2v) is 8.37. The summed E-state index contributed by atoms with van der Waals surface area (Å²) in [7, 11) is -2.25. The van der Waals surface area contributed by atoms with E-state index >= 15 is 0 Å². The molecule has 0 saturated carbocycles. The standard InChI is InChI=1S/C19H18N2O4S2/c1-13-5-6-14(20-19(22)18-4-3-11-26-18)12-17(13)21-27(23,24)16-9-7-15(25-2)8-10-16/h3-12,21H,1-2H3,(H,20,22). The maximum Gasteiger partial charge on any atom is 0.265 e. The SMILES string of the molecule is COc1ccc(S(=O)(=O)Nc2cc(NC(=O)c3cccs3)ccc2C)cc1. The largest absolute Gasteiger partial charge is 0.497 e. The van der Waals surface area contributed by atoms with Gasteiger partial charge in [-0.2, -0.15) is 0 Å². The molecule has 140 valence electrons. The molecule has 0 unspecified atom stereocenters. The van der Waals surface area contributed by atoms with Crippen molar-refractivity contribution in [3.8, 4) is 5.75 Å². The molecule has 1 amide bonds. The van der Waals surface area contributed by atoms with Gasteiger partial charge in [-0.05, 0) is 60.3 Å². The molecule has 0 atom stereocenters. The van der Waals surface area contributed by atoms with E-state index in [9.17, 15) is 13.2 Å². The first-order valence-electron chi connectivity index (χ1n) is 8.01. The van der Waals surface area contributed by atoms with Gasteiger partial charge in [-0.25, -0.2) is 8.42 Å². The molecule has 2 N–H and O–H groups in total. The van der Waals surface area contributed by atoms with Gasteiger partial charge in [0.1, 0.15) is 5.75 Å². The zero-order chi connectivity index (χ0) is 19.4. The summed E-state index contributed by atoms with van der Waals surface area (Å²) in [6.45, 7) is 1.79. The monoisotopic (exact) mass is 402 g/mol. The summed E-state index contributed by atoms with van der Waals surface area (Å²) in [6.07, 6.45) is 0. The van der Waals surface area contributed by atoms with Crippen LogP contribution in [0.3, 0.4) is 0 Å². The number of benzene rings is 2. The van der Waals surface area contributed by atoms with Crippen molar-refractivity contribution in [1.82, 2.24) is 0 Å². The molecule has 2 aromatic carbocycles. The number of sulfonamides is 1. The molecule has 0 radical (unpaired) electrons. The van der Waals surface area contributed by atoms with E-state index in [-0.39, 0.29) is 10.8 Å². The number of carbonyl (C=O) groups excluding carboxylic acids is 1. The Morgan fingerprint density at radius 1 is 1.07 bits per heavy atom. The average Bonchev–Trinajstić information content (AvgIpc) is 3.19. The summed E-state index contributed by atoms with van der Waals surface area (Å²) < 4.78 is 32.9. The molecule has 1 heterocycles. The van der Waals surface area contributed by atoms with Crippen LogP contribution in [0.1, 0.15) is 15.2 Å². The lowest BCUT2D eigenvalue weighted by Gasteiger charge is -2.13. The fourth-order valence-electron chi connectivity index (χ4n) is 2.37. The van der Waals surface area contributed by atoms with Gasteiger partial charge >= 0.3 is 0 Å². The Morgan fingerprint density at radius 3 is 2.44 bits per heavy atom. The molecule has 8 heteroatoms. The lowest BCUT2D eigenvalue weighted by molar-refractivity contribution is 0.103. The first kappa shape index (κ1) is 18.9. The molecule has 0 aliphatic rings. The Hall–Kier alpha value is -2.84. The van der Waals surface area contributed by atoms with Gasteiger partial charge in [0.05, 0.1) is 22.6 Å². The molecule has 0 fully saturated rings. The number of amides is 1. The fraction of sp³-hybridized carbons (Fsp3) is 0.105. The summed E-state index contributed by atoms with van der Waals surface area (Å²) in [5.74, 6) is 0.334.